The first-order chi connectivity index (χ1) is 9.54. The van der Waals surface area contributed by atoms with Gasteiger partial charge in [-0.25, -0.2) is 4.98 Å². The molecular weight excluding hydrogens is 250 g/mol. The lowest BCUT2D eigenvalue weighted by atomic mass is 10.1. The van der Waals surface area contributed by atoms with E-state index in [0.29, 0.717) is 18.8 Å². The molecule has 0 saturated heterocycles. The molecule has 0 spiro atoms. The number of benzene rings is 1. The number of fused-ring (bicyclic) bond motifs is 1. The summed E-state index contributed by atoms with van der Waals surface area (Å²) in [4.78, 5) is 18.2. The number of carbonyl (C=O) groups is 1. The number of nitrogen functional groups attached to an aromatic ring is 1. The van der Waals surface area contributed by atoms with Crippen LogP contribution in [0.1, 0.15) is 22.4 Å². The molecule has 1 aliphatic rings. The van der Waals surface area contributed by atoms with Crippen molar-refractivity contribution >= 4 is 17.4 Å². The van der Waals surface area contributed by atoms with Gasteiger partial charge < -0.3 is 10.6 Å². The van der Waals surface area contributed by atoms with Crippen molar-refractivity contribution in [1.29, 1.82) is 0 Å². The second-order valence-corrected chi connectivity index (χ2v) is 5.29. The van der Waals surface area contributed by atoms with Gasteiger partial charge in [0, 0.05) is 11.3 Å². The van der Waals surface area contributed by atoms with Crippen molar-refractivity contribution in [2.45, 2.75) is 26.8 Å². The van der Waals surface area contributed by atoms with Gasteiger partial charge in [-0.2, -0.15) is 0 Å². The van der Waals surface area contributed by atoms with E-state index in [9.17, 15) is 4.79 Å². The summed E-state index contributed by atoms with van der Waals surface area (Å²) in [6, 6.07) is 10.2. The molecule has 0 unspecified atom stereocenters. The number of aryl methyl sites for hydroxylation is 2. The number of anilines is 2. The summed E-state index contributed by atoms with van der Waals surface area (Å²) < 4.78 is 0. The van der Waals surface area contributed by atoms with E-state index in [2.05, 4.69) is 36.2 Å². The molecule has 1 aliphatic heterocycles. The fourth-order valence-corrected chi connectivity index (χ4v) is 2.56. The summed E-state index contributed by atoms with van der Waals surface area (Å²) in [5, 5.41) is 0. The molecule has 0 bridgehead atoms. The van der Waals surface area contributed by atoms with Gasteiger partial charge in [0.2, 0.25) is 5.91 Å². The van der Waals surface area contributed by atoms with Gasteiger partial charge in [-0.3, -0.25) is 4.79 Å². The van der Waals surface area contributed by atoms with Crippen LogP contribution in [0.3, 0.4) is 0 Å². The molecule has 1 aromatic carbocycles. The number of nitrogens with zero attached hydrogens (tertiary/aromatic N) is 2. The van der Waals surface area contributed by atoms with Crippen molar-refractivity contribution in [3.8, 4) is 0 Å². The molecule has 102 valence electrons. The van der Waals surface area contributed by atoms with Crippen LogP contribution in [-0.4, -0.2) is 10.9 Å². The highest BCUT2D eigenvalue weighted by Gasteiger charge is 2.29. The first-order valence-electron chi connectivity index (χ1n) is 6.66. The van der Waals surface area contributed by atoms with E-state index < -0.39 is 0 Å². The maximum atomic E-state index is 12.2. The lowest BCUT2D eigenvalue weighted by Gasteiger charge is -2.18. The summed E-state index contributed by atoms with van der Waals surface area (Å²) >= 11 is 0. The molecule has 2 heterocycles. The molecule has 20 heavy (non-hydrogen) atoms. The minimum atomic E-state index is 0.0830. The van der Waals surface area contributed by atoms with Crippen LogP contribution in [0.2, 0.25) is 0 Å². The first kappa shape index (κ1) is 12.7. The van der Waals surface area contributed by atoms with Gasteiger partial charge in [0.15, 0.2) is 0 Å². The molecule has 0 radical (unpaired) electrons. The summed E-state index contributed by atoms with van der Waals surface area (Å²) in [6.07, 6.45) is 0.348. The van der Waals surface area contributed by atoms with Crippen LogP contribution in [-0.2, 0) is 17.8 Å². The lowest BCUT2D eigenvalue weighted by Crippen LogP contribution is -2.26. The second-order valence-electron chi connectivity index (χ2n) is 5.29. The SMILES string of the molecule is Cc1ccc(CN2C(=O)Cc3c2cc(C)nc3N)cc1. The number of hydrogen-bond donors (Lipinski definition) is 1. The van der Waals surface area contributed by atoms with Crippen LogP contribution in [0.25, 0.3) is 0 Å². The Balaban J connectivity index is 1.96. The Morgan fingerprint density at radius 2 is 1.95 bits per heavy atom. The van der Waals surface area contributed by atoms with Gasteiger partial charge in [0.05, 0.1) is 18.7 Å². The van der Waals surface area contributed by atoms with Crippen LogP contribution < -0.4 is 10.6 Å². The predicted molar refractivity (Wildman–Crippen MR) is 79.5 cm³/mol. The number of nitrogens with two attached hydrogens (primary N) is 1. The number of rotatable bonds is 2. The summed E-state index contributed by atoms with van der Waals surface area (Å²) in [5.74, 6) is 0.555. The normalized spacial score (nSPS) is 13.7. The molecule has 1 aromatic heterocycles. The van der Waals surface area contributed by atoms with E-state index in [0.717, 1.165) is 22.5 Å². The molecule has 1 amide bonds. The average molecular weight is 267 g/mol. The van der Waals surface area contributed by atoms with Crippen molar-refractivity contribution in [3.63, 3.8) is 0 Å². The number of aromatic nitrogens is 1. The van der Waals surface area contributed by atoms with Gasteiger partial charge in [0.1, 0.15) is 5.82 Å². The summed E-state index contributed by atoms with van der Waals surface area (Å²) in [6.45, 7) is 4.52. The quantitative estimate of drug-likeness (QED) is 0.908. The highest BCUT2D eigenvalue weighted by molar-refractivity contribution is 6.02. The third kappa shape index (κ3) is 2.13. The molecule has 2 N–H and O–H groups in total. The van der Waals surface area contributed by atoms with Gasteiger partial charge >= 0.3 is 0 Å². The first-order valence-corrected chi connectivity index (χ1v) is 6.66. The molecule has 0 saturated carbocycles. The van der Waals surface area contributed by atoms with Gasteiger partial charge in [-0.1, -0.05) is 29.8 Å². The Morgan fingerprint density at radius 3 is 2.65 bits per heavy atom. The molecule has 3 rings (SSSR count). The number of hydrogen-bond acceptors (Lipinski definition) is 3. The number of amides is 1. The zero-order chi connectivity index (χ0) is 14.3. The minimum Gasteiger partial charge on any atom is -0.383 e. The topological polar surface area (TPSA) is 59.2 Å². The highest BCUT2D eigenvalue weighted by Crippen LogP contribution is 2.33. The van der Waals surface area contributed by atoms with Crippen LogP contribution in [0.5, 0.6) is 0 Å². The van der Waals surface area contributed by atoms with E-state index in [1.54, 1.807) is 4.90 Å². The molecular formula is C16H17N3O. The monoisotopic (exact) mass is 267 g/mol. The Kier molecular flexibility index (Phi) is 2.93. The molecule has 0 fully saturated rings. The van der Waals surface area contributed by atoms with Crippen molar-refractivity contribution in [3.05, 3.63) is 52.7 Å². The molecule has 0 atom stereocenters. The van der Waals surface area contributed by atoms with Crippen LogP contribution in [0.15, 0.2) is 30.3 Å². The zero-order valence-corrected chi connectivity index (χ0v) is 11.7. The van der Waals surface area contributed by atoms with Crippen molar-refractivity contribution < 1.29 is 4.79 Å². The standard InChI is InChI=1S/C16H17N3O/c1-10-3-5-12(6-4-10)9-19-14-7-11(2)18-16(17)13(14)8-15(19)20/h3-7H,8-9H2,1-2H3,(H2,17,18). The van der Waals surface area contributed by atoms with Crippen molar-refractivity contribution in [1.82, 2.24) is 4.98 Å². The van der Waals surface area contributed by atoms with Crippen LogP contribution >= 0.6 is 0 Å². The van der Waals surface area contributed by atoms with E-state index in [1.807, 2.05) is 13.0 Å². The highest BCUT2D eigenvalue weighted by atomic mass is 16.2. The number of pyridine rings is 1. The number of carbonyl (C=O) groups excluding carboxylic acids is 1. The third-order valence-electron chi connectivity index (χ3n) is 3.64. The maximum absolute atomic E-state index is 12.2. The molecule has 2 aromatic rings. The third-order valence-corrected chi connectivity index (χ3v) is 3.64. The fourth-order valence-electron chi connectivity index (χ4n) is 2.56. The summed E-state index contributed by atoms with van der Waals surface area (Å²) in [7, 11) is 0. The Labute approximate surface area is 118 Å². The van der Waals surface area contributed by atoms with E-state index in [-0.39, 0.29) is 5.91 Å². The molecule has 4 heteroatoms. The predicted octanol–water partition coefficient (Wildman–Crippen LogP) is 2.37. The fraction of sp³-hybridized carbons (Fsp3) is 0.250. The largest absolute Gasteiger partial charge is 0.383 e. The maximum Gasteiger partial charge on any atom is 0.231 e. The Morgan fingerprint density at radius 1 is 1.25 bits per heavy atom. The Bertz CT molecular complexity index is 677. The van der Waals surface area contributed by atoms with Gasteiger partial charge in [-0.05, 0) is 25.5 Å². The molecule has 0 aliphatic carbocycles. The lowest BCUT2D eigenvalue weighted by molar-refractivity contribution is -0.117. The van der Waals surface area contributed by atoms with Crippen molar-refractivity contribution in [2.75, 3.05) is 10.6 Å². The zero-order valence-electron chi connectivity index (χ0n) is 11.7. The Hall–Kier alpha value is -2.36. The van der Waals surface area contributed by atoms with E-state index in [4.69, 9.17) is 5.73 Å². The van der Waals surface area contributed by atoms with E-state index in [1.165, 1.54) is 5.56 Å². The van der Waals surface area contributed by atoms with Gasteiger partial charge in [0.25, 0.3) is 0 Å². The molecule has 4 nitrogen and oxygen atoms in total. The van der Waals surface area contributed by atoms with Gasteiger partial charge in [-0.15, -0.1) is 0 Å². The second kappa shape index (κ2) is 4.63. The smallest absolute Gasteiger partial charge is 0.231 e. The minimum absolute atomic E-state index is 0.0830. The van der Waals surface area contributed by atoms with E-state index >= 15 is 0 Å². The van der Waals surface area contributed by atoms with Crippen molar-refractivity contribution in [2.24, 2.45) is 0 Å². The van der Waals surface area contributed by atoms with Crippen LogP contribution in [0.4, 0.5) is 11.5 Å². The van der Waals surface area contributed by atoms with Crippen LogP contribution in [0, 0.1) is 13.8 Å². The average Bonchev–Trinajstić information content (AvgIpc) is 2.70. The summed E-state index contributed by atoms with van der Waals surface area (Å²) in [5.41, 5.74) is 10.8.